The minimum atomic E-state index is 0.0349. The molecule has 1 aromatic heterocycles. The lowest BCUT2D eigenvalue weighted by Crippen LogP contribution is -2.37. The molecule has 1 aliphatic rings. The van der Waals surface area contributed by atoms with E-state index >= 15 is 0 Å². The highest BCUT2D eigenvalue weighted by atomic mass is 15.4. The molecule has 108 valence electrons. The van der Waals surface area contributed by atoms with Gasteiger partial charge in [-0.25, -0.2) is 0 Å². The lowest BCUT2D eigenvalue weighted by atomic mass is 9.79. The molecule has 1 heterocycles. The number of nitrogens with zero attached hydrogens (tertiary/aromatic N) is 3. The van der Waals surface area contributed by atoms with Crippen molar-refractivity contribution in [3.63, 3.8) is 0 Å². The smallest absolute Gasteiger partial charge is 0.224 e. The Morgan fingerprint density at radius 3 is 2.37 bits per heavy atom. The second-order valence-electron chi connectivity index (χ2n) is 5.52. The van der Waals surface area contributed by atoms with Crippen molar-refractivity contribution in [1.29, 1.82) is 0 Å². The minimum Gasteiger partial charge on any atom is -0.355 e. The van der Waals surface area contributed by atoms with Gasteiger partial charge in [-0.2, -0.15) is 0 Å². The van der Waals surface area contributed by atoms with Crippen molar-refractivity contribution in [2.45, 2.75) is 64.3 Å². The number of hydrogen-bond acceptors (Lipinski definition) is 4. The van der Waals surface area contributed by atoms with Crippen LogP contribution in [0.15, 0.2) is 0 Å². The molecule has 0 bridgehead atoms. The second kappa shape index (κ2) is 6.37. The van der Waals surface area contributed by atoms with Gasteiger partial charge in [0.25, 0.3) is 0 Å². The quantitative estimate of drug-likeness (QED) is 0.801. The van der Waals surface area contributed by atoms with Crippen LogP contribution in [0, 0.1) is 0 Å². The van der Waals surface area contributed by atoms with Gasteiger partial charge in [-0.3, -0.25) is 4.57 Å². The standard InChI is InChI=1S/C14H27N5/c1-3-16-13-18-17-12(19(13)4-2)14(11-15)9-7-5-6-8-10-14/h3-11,15H2,1-2H3,(H,16,18). The van der Waals surface area contributed by atoms with E-state index in [1.54, 1.807) is 0 Å². The van der Waals surface area contributed by atoms with Gasteiger partial charge < -0.3 is 11.1 Å². The van der Waals surface area contributed by atoms with Crippen molar-refractivity contribution in [2.75, 3.05) is 18.4 Å². The van der Waals surface area contributed by atoms with Crippen LogP contribution in [0.25, 0.3) is 0 Å². The Hall–Kier alpha value is -1.10. The first kappa shape index (κ1) is 14.3. The maximum Gasteiger partial charge on any atom is 0.224 e. The van der Waals surface area contributed by atoms with Crippen molar-refractivity contribution in [3.05, 3.63) is 5.82 Å². The number of nitrogens with one attached hydrogen (secondary N) is 1. The molecule has 5 heteroatoms. The lowest BCUT2D eigenvalue weighted by Gasteiger charge is -2.30. The van der Waals surface area contributed by atoms with Gasteiger partial charge in [-0.05, 0) is 26.7 Å². The lowest BCUT2D eigenvalue weighted by molar-refractivity contribution is 0.345. The third kappa shape index (κ3) is 2.76. The molecular formula is C14H27N5. The summed E-state index contributed by atoms with van der Waals surface area (Å²) in [6.07, 6.45) is 7.44. The zero-order valence-electron chi connectivity index (χ0n) is 12.3. The second-order valence-corrected chi connectivity index (χ2v) is 5.52. The Morgan fingerprint density at radius 1 is 1.16 bits per heavy atom. The number of aromatic nitrogens is 3. The molecule has 0 spiro atoms. The van der Waals surface area contributed by atoms with Gasteiger partial charge >= 0.3 is 0 Å². The number of rotatable bonds is 5. The van der Waals surface area contributed by atoms with Crippen molar-refractivity contribution in [3.8, 4) is 0 Å². The van der Waals surface area contributed by atoms with Crippen LogP contribution in [0.1, 0.15) is 58.2 Å². The van der Waals surface area contributed by atoms with E-state index in [0.717, 1.165) is 37.7 Å². The average Bonchev–Trinajstić information content (AvgIpc) is 2.69. The van der Waals surface area contributed by atoms with Crippen molar-refractivity contribution in [1.82, 2.24) is 14.8 Å². The van der Waals surface area contributed by atoms with Gasteiger partial charge in [-0.1, -0.05) is 25.7 Å². The number of anilines is 1. The highest BCUT2D eigenvalue weighted by Crippen LogP contribution is 2.37. The summed E-state index contributed by atoms with van der Waals surface area (Å²) in [5.74, 6) is 1.98. The van der Waals surface area contributed by atoms with E-state index in [1.165, 1.54) is 25.7 Å². The summed E-state index contributed by atoms with van der Waals surface area (Å²) in [6.45, 7) is 6.67. The summed E-state index contributed by atoms with van der Waals surface area (Å²) >= 11 is 0. The molecule has 0 radical (unpaired) electrons. The van der Waals surface area contributed by atoms with Crippen molar-refractivity contribution < 1.29 is 0 Å². The molecule has 1 fully saturated rings. The normalized spacial score (nSPS) is 19.1. The fourth-order valence-corrected chi connectivity index (χ4v) is 3.21. The third-order valence-electron chi connectivity index (χ3n) is 4.33. The molecular weight excluding hydrogens is 238 g/mol. The molecule has 3 N–H and O–H groups in total. The molecule has 0 amide bonds. The Labute approximate surface area is 116 Å². The maximum atomic E-state index is 6.14. The molecule has 0 unspecified atom stereocenters. The van der Waals surface area contributed by atoms with E-state index in [2.05, 4.69) is 33.9 Å². The summed E-state index contributed by atoms with van der Waals surface area (Å²) in [5, 5.41) is 12.1. The molecule has 19 heavy (non-hydrogen) atoms. The summed E-state index contributed by atoms with van der Waals surface area (Å²) in [6, 6.07) is 0. The van der Waals surface area contributed by atoms with E-state index in [-0.39, 0.29) is 5.41 Å². The SMILES string of the molecule is CCNc1nnc(C2(CN)CCCCCC2)n1CC. The first-order valence-electron chi connectivity index (χ1n) is 7.65. The molecule has 1 aromatic rings. The van der Waals surface area contributed by atoms with E-state index < -0.39 is 0 Å². The molecule has 0 aromatic carbocycles. The predicted octanol–water partition coefficient (Wildman–Crippen LogP) is 2.28. The molecule has 0 atom stereocenters. The number of nitrogens with two attached hydrogens (primary N) is 1. The largest absolute Gasteiger partial charge is 0.355 e. The Kier molecular flexibility index (Phi) is 4.80. The fraction of sp³-hybridized carbons (Fsp3) is 0.857. The summed E-state index contributed by atoms with van der Waals surface area (Å²) < 4.78 is 2.21. The zero-order chi connectivity index (χ0) is 13.7. The van der Waals surface area contributed by atoms with Crippen molar-refractivity contribution in [2.24, 2.45) is 5.73 Å². The fourth-order valence-electron chi connectivity index (χ4n) is 3.21. The van der Waals surface area contributed by atoms with Crippen LogP contribution < -0.4 is 11.1 Å². The highest BCUT2D eigenvalue weighted by Gasteiger charge is 2.36. The zero-order valence-corrected chi connectivity index (χ0v) is 12.3. The summed E-state index contributed by atoms with van der Waals surface area (Å²) in [7, 11) is 0. The van der Waals surface area contributed by atoms with Gasteiger partial charge in [0, 0.05) is 25.0 Å². The van der Waals surface area contributed by atoms with E-state index in [0.29, 0.717) is 6.54 Å². The van der Waals surface area contributed by atoms with Gasteiger partial charge in [-0.15, -0.1) is 10.2 Å². The first-order valence-corrected chi connectivity index (χ1v) is 7.65. The van der Waals surface area contributed by atoms with Crippen LogP contribution in [0.5, 0.6) is 0 Å². The minimum absolute atomic E-state index is 0.0349. The number of hydrogen-bond donors (Lipinski definition) is 2. The molecule has 0 aliphatic heterocycles. The Bertz CT molecular complexity index is 391. The van der Waals surface area contributed by atoms with E-state index in [1.807, 2.05) is 0 Å². The Balaban J connectivity index is 2.36. The van der Waals surface area contributed by atoms with E-state index in [4.69, 9.17) is 5.73 Å². The average molecular weight is 265 g/mol. The topological polar surface area (TPSA) is 68.8 Å². The van der Waals surface area contributed by atoms with Crippen LogP contribution in [0.3, 0.4) is 0 Å². The van der Waals surface area contributed by atoms with Gasteiger partial charge in [0.1, 0.15) is 5.82 Å². The first-order chi connectivity index (χ1) is 9.27. The molecule has 5 nitrogen and oxygen atoms in total. The van der Waals surface area contributed by atoms with Crippen LogP contribution in [-0.4, -0.2) is 27.9 Å². The van der Waals surface area contributed by atoms with Crippen LogP contribution in [-0.2, 0) is 12.0 Å². The van der Waals surface area contributed by atoms with Gasteiger partial charge in [0.05, 0.1) is 0 Å². The van der Waals surface area contributed by atoms with Crippen LogP contribution in [0.4, 0.5) is 5.95 Å². The Morgan fingerprint density at radius 2 is 1.84 bits per heavy atom. The van der Waals surface area contributed by atoms with E-state index in [9.17, 15) is 0 Å². The molecule has 0 saturated heterocycles. The monoisotopic (exact) mass is 265 g/mol. The van der Waals surface area contributed by atoms with Crippen molar-refractivity contribution >= 4 is 5.95 Å². The third-order valence-corrected chi connectivity index (χ3v) is 4.33. The molecule has 1 aliphatic carbocycles. The summed E-state index contributed by atoms with van der Waals surface area (Å²) in [4.78, 5) is 0. The maximum absolute atomic E-state index is 6.14. The molecule has 1 saturated carbocycles. The highest BCUT2D eigenvalue weighted by molar-refractivity contribution is 5.28. The van der Waals surface area contributed by atoms with Gasteiger partial charge in [0.15, 0.2) is 0 Å². The summed E-state index contributed by atoms with van der Waals surface area (Å²) in [5.41, 5.74) is 6.18. The predicted molar refractivity (Wildman–Crippen MR) is 78.3 cm³/mol. The molecule has 2 rings (SSSR count). The van der Waals surface area contributed by atoms with Crippen LogP contribution >= 0.6 is 0 Å². The van der Waals surface area contributed by atoms with Crippen LogP contribution in [0.2, 0.25) is 0 Å². The van der Waals surface area contributed by atoms with Gasteiger partial charge in [0.2, 0.25) is 5.95 Å².